The molecule has 0 bridgehead atoms. The molecule has 1 aromatic rings. The zero-order valence-corrected chi connectivity index (χ0v) is 11.2. The fourth-order valence-electron chi connectivity index (χ4n) is 1.89. The Balaban J connectivity index is 2.82. The van der Waals surface area contributed by atoms with E-state index in [9.17, 15) is 4.39 Å². The molecule has 0 aliphatic carbocycles. The van der Waals surface area contributed by atoms with Crippen molar-refractivity contribution in [3.8, 4) is 11.8 Å². The van der Waals surface area contributed by atoms with Gasteiger partial charge < -0.3 is 10.2 Å². The minimum atomic E-state index is -0.381. The molecule has 0 spiro atoms. The van der Waals surface area contributed by atoms with Crippen molar-refractivity contribution >= 4 is 0 Å². The van der Waals surface area contributed by atoms with Gasteiger partial charge >= 0.3 is 0 Å². The van der Waals surface area contributed by atoms with Crippen LogP contribution in [0.15, 0.2) is 18.2 Å². The van der Waals surface area contributed by atoms with Crippen molar-refractivity contribution in [1.82, 2.24) is 4.90 Å². The van der Waals surface area contributed by atoms with Gasteiger partial charge in [-0.1, -0.05) is 24.8 Å². The molecule has 1 rings (SSSR count). The standard InChI is InChI=1S/C15H20FNO2/c1-2-7-17(8-10-19)12-13-5-6-15(16)14(11-13)4-3-9-18/h5-6,11,18-19H,2,7-10,12H2,1H3. The molecule has 3 nitrogen and oxygen atoms in total. The van der Waals surface area contributed by atoms with Crippen LogP contribution in [0.1, 0.15) is 24.5 Å². The average molecular weight is 265 g/mol. The van der Waals surface area contributed by atoms with Gasteiger partial charge in [0.2, 0.25) is 0 Å². The molecule has 1 aromatic carbocycles. The highest BCUT2D eigenvalue weighted by atomic mass is 19.1. The molecule has 0 atom stereocenters. The Morgan fingerprint density at radius 3 is 2.68 bits per heavy atom. The van der Waals surface area contributed by atoms with Crippen LogP contribution in [-0.4, -0.2) is 41.4 Å². The van der Waals surface area contributed by atoms with Gasteiger partial charge in [-0.3, -0.25) is 4.90 Å². The first-order valence-electron chi connectivity index (χ1n) is 6.42. The smallest absolute Gasteiger partial charge is 0.138 e. The second-order valence-corrected chi connectivity index (χ2v) is 4.27. The molecular weight excluding hydrogens is 245 g/mol. The van der Waals surface area contributed by atoms with Crippen LogP contribution in [0.4, 0.5) is 4.39 Å². The van der Waals surface area contributed by atoms with Gasteiger partial charge in [0.1, 0.15) is 12.4 Å². The van der Waals surface area contributed by atoms with Crippen molar-refractivity contribution < 1.29 is 14.6 Å². The van der Waals surface area contributed by atoms with Gasteiger partial charge in [-0.05, 0) is 30.7 Å². The van der Waals surface area contributed by atoms with Crippen LogP contribution < -0.4 is 0 Å². The number of halogens is 1. The molecule has 0 aliphatic rings. The Morgan fingerprint density at radius 2 is 2.05 bits per heavy atom. The Bertz CT molecular complexity index is 445. The first-order chi connectivity index (χ1) is 9.21. The number of benzene rings is 1. The van der Waals surface area contributed by atoms with E-state index in [0.29, 0.717) is 18.7 Å². The predicted molar refractivity (Wildman–Crippen MR) is 73.0 cm³/mol. The molecule has 4 heteroatoms. The lowest BCUT2D eigenvalue weighted by Gasteiger charge is -2.20. The largest absolute Gasteiger partial charge is 0.395 e. The van der Waals surface area contributed by atoms with Gasteiger partial charge in [-0.25, -0.2) is 4.39 Å². The lowest BCUT2D eigenvalue weighted by molar-refractivity contribution is 0.190. The highest BCUT2D eigenvalue weighted by molar-refractivity contribution is 5.38. The number of hydrogen-bond acceptors (Lipinski definition) is 3. The van der Waals surface area contributed by atoms with E-state index in [-0.39, 0.29) is 19.0 Å². The maximum Gasteiger partial charge on any atom is 0.138 e. The van der Waals surface area contributed by atoms with Gasteiger partial charge in [0.25, 0.3) is 0 Å². The minimum absolute atomic E-state index is 0.109. The molecule has 0 unspecified atom stereocenters. The molecule has 0 aliphatic heterocycles. The highest BCUT2D eigenvalue weighted by Crippen LogP contribution is 2.12. The van der Waals surface area contributed by atoms with Crippen LogP contribution in [0, 0.1) is 17.7 Å². The second-order valence-electron chi connectivity index (χ2n) is 4.27. The number of aliphatic hydroxyl groups excluding tert-OH is 2. The molecule has 0 saturated carbocycles. The molecule has 0 amide bonds. The van der Waals surface area contributed by atoms with Gasteiger partial charge in [-0.2, -0.15) is 0 Å². The fourth-order valence-corrected chi connectivity index (χ4v) is 1.89. The SMILES string of the molecule is CCCN(CCO)Cc1ccc(F)c(C#CCO)c1. The quantitative estimate of drug-likeness (QED) is 0.764. The second kappa shape index (κ2) is 8.65. The predicted octanol–water partition coefficient (Wildman–Crippen LogP) is 1.37. The summed E-state index contributed by atoms with van der Waals surface area (Å²) in [5, 5.41) is 17.6. The zero-order valence-electron chi connectivity index (χ0n) is 11.2. The Morgan fingerprint density at radius 1 is 1.26 bits per heavy atom. The van der Waals surface area contributed by atoms with E-state index in [0.717, 1.165) is 18.5 Å². The first-order valence-corrected chi connectivity index (χ1v) is 6.42. The summed E-state index contributed by atoms with van der Waals surface area (Å²) in [6.07, 6.45) is 0.998. The average Bonchev–Trinajstić information content (AvgIpc) is 2.40. The Kier molecular flexibility index (Phi) is 7.12. The fraction of sp³-hybridized carbons (Fsp3) is 0.467. The summed E-state index contributed by atoms with van der Waals surface area (Å²) in [4.78, 5) is 2.11. The van der Waals surface area contributed by atoms with Crippen LogP contribution in [0.5, 0.6) is 0 Å². The van der Waals surface area contributed by atoms with Gasteiger partial charge in [0, 0.05) is 13.1 Å². The zero-order chi connectivity index (χ0) is 14.1. The Labute approximate surface area is 113 Å². The summed E-state index contributed by atoms with van der Waals surface area (Å²) in [6.45, 7) is 4.04. The third-order valence-electron chi connectivity index (χ3n) is 2.70. The molecule has 2 N–H and O–H groups in total. The van der Waals surface area contributed by atoms with Crippen molar-refractivity contribution in [2.45, 2.75) is 19.9 Å². The van der Waals surface area contributed by atoms with Crippen molar-refractivity contribution in [2.75, 3.05) is 26.3 Å². The van der Waals surface area contributed by atoms with E-state index in [1.807, 2.05) is 0 Å². The molecule has 19 heavy (non-hydrogen) atoms. The van der Waals surface area contributed by atoms with Gasteiger partial charge in [0.05, 0.1) is 12.2 Å². The van der Waals surface area contributed by atoms with Crippen LogP contribution in [0.2, 0.25) is 0 Å². The van der Waals surface area contributed by atoms with E-state index in [1.165, 1.54) is 6.07 Å². The van der Waals surface area contributed by atoms with Crippen molar-refractivity contribution in [1.29, 1.82) is 0 Å². The van der Waals surface area contributed by atoms with E-state index in [4.69, 9.17) is 10.2 Å². The van der Waals surface area contributed by atoms with E-state index in [1.54, 1.807) is 12.1 Å². The third kappa shape index (κ3) is 5.39. The molecule has 104 valence electrons. The van der Waals surface area contributed by atoms with E-state index < -0.39 is 0 Å². The number of hydrogen-bond donors (Lipinski definition) is 2. The summed E-state index contributed by atoms with van der Waals surface area (Å²) < 4.78 is 13.5. The normalized spacial score (nSPS) is 10.4. The molecule has 0 aromatic heterocycles. The van der Waals surface area contributed by atoms with Gasteiger partial charge in [-0.15, -0.1) is 0 Å². The van der Waals surface area contributed by atoms with Crippen LogP contribution in [0.25, 0.3) is 0 Å². The molecule has 0 saturated heterocycles. The third-order valence-corrected chi connectivity index (χ3v) is 2.70. The first kappa shape index (κ1) is 15.6. The number of rotatable bonds is 6. The lowest BCUT2D eigenvalue weighted by Crippen LogP contribution is -2.27. The summed E-state index contributed by atoms with van der Waals surface area (Å²) in [7, 11) is 0. The number of aliphatic hydroxyl groups is 2. The van der Waals surface area contributed by atoms with Crippen molar-refractivity contribution in [3.05, 3.63) is 35.1 Å². The van der Waals surface area contributed by atoms with Crippen LogP contribution in [0.3, 0.4) is 0 Å². The minimum Gasteiger partial charge on any atom is -0.395 e. The summed E-state index contributed by atoms with van der Waals surface area (Å²) in [6, 6.07) is 4.80. The van der Waals surface area contributed by atoms with Crippen molar-refractivity contribution in [3.63, 3.8) is 0 Å². The highest BCUT2D eigenvalue weighted by Gasteiger charge is 2.06. The van der Waals surface area contributed by atoms with Crippen LogP contribution in [-0.2, 0) is 6.54 Å². The lowest BCUT2D eigenvalue weighted by atomic mass is 10.1. The van der Waals surface area contributed by atoms with Gasteiger partial charge in [0.15, 0.2) is 0 Å². The molecular formula is C15H20FNO2. The maximum absolute atomic E-state index is 13.5. The molecule has 0 heterocycles. The summed E-state index contributed by atoms with van der Waals surface area (Å²) >= 11 is 0. The molecule has 0 fully saturated rings. The summed E-state index contributed by atoms with van der Waals surface area (Å²) in [5.41, 5.74) is 1.25. The monoisotopic (exact) mass is 265 g/mol. The van der Waals surface area contributed by atoms with Crippen molar-refractivity contribution in [2.24, 2.45) is 0 Å². The van der Waals surface area contributed by atoms with E-state index >= 15 is 0 Å². The summed E-state index contributed by atoms with van der Waals surface area (Å²) in [5.74, 6) is 4.66. The van der Waals surface area contributed by atoms with Crippen LogP contribution >= 0.6 is 0 Å². The maximum atomic E-state index is 13.5. The Hall–Kier alpha value is -1.41. The number of nitrogens with zero attached hydrogens (tertiary/aromatic N) is 1. The molecule has 0 radical (unpaired) electrons. The topological polar surface area (TPSA) is 43.7 Å². The van der Waals surface area contributed by atoms with E-state index in [2.05, 4.69) is 23.7 Å².